The van der Waals surface area contributed by atoms with E-state index in [0.29, 0.717) is 0 Å². The van der Waals surface area contributed by atoms with Crippen LogP contribution in [0.15, 0.2) is 0 Å². The fraction of sp³-hybridized carbons (Fsp3) is 0.500. The third-order valence-corrected chi connectivity index (χ3v) is 7.12. The van der Waals surface area contributed by atoms with Crippen LogP contribution in [0.3, 0.4) is 0 Å². The molecule has 0 aromatic rings. The normalized spacial score (nSPS) is 33.4. The van der Waals surface area contributed by atoms with Crippen molar-refractivity contribution in [3.63, 3.8) is 0 Å². The first-order valence-electron chi connectivity index (χ1n) is 3.11. The molecule has 0 saturated carbocycles. The fourth-order valence-corrected chi connectivity index (χ4v) is 6.13. The Kier molecular flexibility index (Phi) is 4.26. The molecule has 0 aliphatic carbocycles. The van der Waals surface area contributed by atoms with E-state index in [9.17, 15) is 17.9 Å². The Labute approximate surface area is 99.5 Å². The van der Waals surface area contributed by atoms with Gasteiger partial charge in [-0.05, 0) is 0 Å². The molecule has 1 heterocycles. The second-order valence-corrected chi connectivity index (χ2v) is 9.71. The van der Waals surface area contributed by atoms with Crippen molar-refractivity contribution in [2.24, 2.45) is 0 Å². The van der Waals surface area contributed by atoms with Gasteiger partial charge in [-0.1, -0.05) is 0 Å². The van der Waals surface area contributed by atoms with E-state index in [0.717, 1.165) is 0 Å². The van der Waals surface area contributed by atoms with Crippen molar-refractivity contribution in [3.8, 4) is 0 Å². The molecule has 1 fully saturated rings. The van der Waals surface area contributed by atoms with Crippen LogP contribution >= 0.6 is 21.2 Å². The first kappa shape index (κ1) is 12.3. The van der Waals surface area contributed by atoms with E-state index in [4.69, 9.17) is 0 Å². The Morgan fingerprint density at radius 2 is 2.50 bits per heavy atom. The van der Waals surface area contributed by atoms with Crippen molar-refractivity contribution in [1.29, 1.82) is 0 Å². The molecule has 1 saturated heterocycles. The molecule has 8 nitrogen and oxygen atoms in total. The Bertz CT molecular complexity index is 275. The van der Waals surface area contributed by atoms with Crippen molar-refractivity contribution < 1.29 is 46.5 Å². The predicted octanol–water partition coefficient (Wildman–Crippen LogP) is -3.01. The van der Waals surface area contributed by atoms with Crippen molar-refractivity contribution in [1.82, 2.24) is 5.34 Å². The van der Waals surface area contributed by atoms with Crippen LogP contribution < -0.4 is 21.5 Å². The molecule has 2 atom stereocenters. The standard InChI is InChI=1S/C4H5I2N2O6/c1-8(4(10)13-2-9)5-3(6-11)14-7(8)12/h2-3H,1H3/q-1. The second kappa shape index (κ2) is 4.84. The predicted molar refractivity (Wildman–Crippen MR) is 43.5 cm³/mol. The van der Waals surface area contributed by atoms with E-state index in [-0.39, 0.29) is 11.8 Å². The number of rotatable bonds is 2. The van der Waals surface area contributed by atoms with Crippen LogP contribution in [-0.4, -0.2) is 29.9 Å². The van der Waals surface area contributed by atoms with Gasteiger partial charge in [0.15, 0.2) is 0 Å². The first-order chi connectivity index (χ1) is 6.54. The van der Waals surface area contributed by atoms with E-state index >= 15 is 0 Å². The first-order valence-corrected chi connectivity index (χ1v) is 7.45. The van der Waals surface area contributed by atoms with Gasteiger partial charge in [-0.15, -0.1) is 0 Å². The summed E-state index contributed by atoms with van der Waals surface area (Å²) in [5.74, 6) is 0. The zero-order chi connectivity index (χ0) is 10.8. The number of hydrogen-bond acceptors (Lipinski definition) is 7. The molecule has 0 aromatic heterocycles. The van der Waals surface area contributed by atoms with Gasteiger partial charge in [-0.2, -0.15) is 0 Å². The number of alkyl halides is 2. The summed E-state index contributed by atoms with van der Waals surface area (Å²) in [6.45, 7) is -0.0526. The molecule has 82 valence electrons. The minimum absolute atomic E-state index is 0.0292. The molecule has 0 aromatic carbocycles. The molecular formula is C4H5I2N2O6-. The average Bonchev–Trinajstić information content (AvgIpc) is 2.44. The Balaban J connectivity index is 2.78. The van der Waals surface area contributed by atoms with Crippen LogP contribution in [0.2, 0.25) is 0 Å². The van der Waals surface area contributed by atoms with Gasteiger partial charge in [0.25, 0.3) is 0 Å². The van der Waals surface area contributed by atoms with E-state index in [2.05, 4.69) is 9.57 Å². The molecule has 2 unspecified atom stereocenters. The molecule has 0 N–H and O–H groups in total. The van der Waals surface area contributed by atoms with Gasteiger partial charge in [0.2, 0.25) is 0 Å². The molecular weight excluding hydrogens is 426 g/mol. The Hall–Kier alpha value is 0.240. The molecule has 0 spiro atoms. The summed E-state index contributed by atoms with van der Waals surface area (Å²) >= 11 is -2.63. The number of nitrogens with zero attached hydrogens (tertiary/aromatic N) is 2. The summed E-state index contributed by atoms with van der Waals surface area (Å²) in [6, 6.07) is 0. The molecule has 1 aliphatic heterocycles. The van der Waals surface area contributed by atoms with Crippen molar-refractivity contribution >= 4 is 33.8 Å². The number of carbonyl (C=O) groups excluding carboxylic acids is 2. The van der Waals surface area contributed by atoms with Crippen molar-refractivity contribution in [2.75, 3.05) is 7.05 Å². The third-order valence-electron chi connectivity index (χ3n) is 1.30. The van der Waals surface area contributed by atoms with Crippen LogP contribution in [-0.2, 0) is 17.4 Å². The minimum atomic E-state index is -1.49. The number of quaternary nitrogens is 1. The van der Waals surface area contributed by atoms with Crippen LogP contribution in [0.5, 0.6) is 0 Å². The number of halogens is 2. The molecule has 1 rings (SSSR count). The Morgan fingerprint density at radius 3 is 2.93 bits per heavy atom. The Morgan fingerprint density at radius 1 is 1.86 bits per heavy atom. The number of amides is 1. The van der Waals surface area contributed by atoms with Gasteiger partial charge >= 0.3 is 100.0 Å². The summed E-state index contributed by atoms with van der Waals surface area (Å²) in [5, 5.41) is 11.2. The third kappa shape index (κ3) is 2.25. The van der Waals surface area contributed by atoms with E-state index in [1.807, 2.05) is 0 Å². The molecule has 0 bridgehead atoms. The summed E-state index contributed by atoms with van der Waals surface area (Å²) in [5.41, 5.74) is 0. The molecule has 1 aliphatic rings. The zero-order valence-electron chi connectivity index (χ0n) is 6.75. The summed E-state index contributed by atoms with van der Waals surface area (Å²) in [7, 11) is 1.26. The van der Waals surface area contributed by atoms with Crippen LogP contribution in [0.25, 0.3) is 0 Å². The zero-order valence-corrected chi connectivity index (χ0v) is 11.1. The van der Waals surface area contributed by atoms with E-state index in [1.165, 1.54) is 7.05 Å². The number of ether oxygens (including phenoxy) is 1. The quantitative estimate of drug-likeness (QED) is 0.151. The van der Waals surface area contributed by atoms with E-state index < -0.39 is 53.7 Å². The van der Waals surface area contributed by atoms with Crippen LogP contribution in [0.4, 0.5) is 4.79 Å². The fourth-order valence-electron chi connectivity index (χ4n) is 0.635. The van der Waals surface area contributed by atoms with Gasteiger partial charge in [-0.25, -0.2) is 0 Å². The monoisotopic (exact) mass is 431 g/mol. The van der Waals surface area contributed by atoms with Gasteiger partial charge in [0, 0.05) is 0 Å². The van der Waals surface area contributed by atoms with Crippen LogP contribution in [0, 0.1) is 5.21 Å². The van der Waals surface area contributed by atoms with Gasteiger partial charge in [0.1, 0.15) is 0 Å². The van der Waals surface area contributed by atoms with Gasteiger partial charge in [-0.3, -0.25) is 0 Å². The average molecular weight is 431 g/mol. The number of carbonyl (C=O) groups is 2. The van der Waals surface area contributed by atoms with Crippen molar-refractivity contribution in [3.05, 3.63) is 5.21 Å². The SMILES string of the molecule is C[N+]1(C(=O)OC=O)[I-]C(I=O)ON1[O-]. The summed E-state index contributed by atoms with van der Waals surface area (Å²) < 4.78 is 13.2. The molecule has 0 radical (unpaired) electrons. The van der Waals surface area contributed by atoms with Crippen molar-refractivity contribution in [2.45, 2.75) is 2.12 Å². The molecule has 10 heteroatoms. The van der Waals surface area contributed by atoms with Gasteiger partial charge in [0.05, 0.1) is 0 Å². The summed E-state index contributed by atoms with van der Waals surface area (Å²) in [6.07, 6.45) is -1.01. The summed E-state index contributed by atoms with van der Waals surface area (Å²) in [4.78, 5) is 25.7. The van der Waals surface area contributed by atoms with Crippen LogP contribution in [0.1, 0.15) is 0 Å². The molecule has 1 amide bonds. The topological polar surface area (TPSA) is 96.0 Å². The van der Waals surface area contributed by atoms with E-state index in [1.54, 1.807) is 0 Å². The molecule has 14 heavy (non-hydrogen) atoms. The van der Waals surface area contributed by atoms with Gasteiger partial charge < -0.3 is 0 Å². The maximum atomic E-state index is 11.2. The maximum absolute atomic E-state index is 11.2. The second-order valence-electron chi connectivity index (χ2n) is 2.12. The number of hydrogen-bond donors (Lipinski definition) is 0.